The van der Waals surface area contributed by atoms with Crippen LogP contribution in [0.1, 0.15) is 24.2 Å². The first-order valence-electron chi connectivity index (χ1n) is 4.42. The van der Waals surface area contributed by atoms with Crippen LogP contribution in [0.4, 0.5) is 0 Å². The maximum atomic E-state index is 5.69. The first-order chi connectivity index (χ1) is 6.75. The van der Waals surface area contributed by atoms with E-state index in [-0.39, 0.29) is 6.04 Å². The monoisotopic (exact) mass is 208 g/mol. The topological polar surface area (TPSA) is 56.7 Å². The Bertz CT molecular complexity index is 391. The van der Waals surface area contributed by atoms with Gasteiger partial charge in [-0.25, -0.2) is 4.68 Å². The molecule has 0 saturated carbocycles. The highest BCUT2D eigenvalue weighted by atomic mass is 32.1. The lowest BCUT2D eigenvalue weighted by Crippen LogP contribution is -2.05. The summed E-state index contributed by atoms with van der Waals surface area (Å²) in [5.74, 6) is 0. The molecule has 0 bridgehead atoms. The number of thiophene rings is 1. The number of rotatable bonds is 3. The molecule has 0 aliphatic rings. The zero-order chi connectivity index (χ0) is 9.97. The fraction of sp³-hybridized carbons (Fsp3) is 0.333. The van der Waals surface area contributed by atoms with Crippen molar-refractivity contribution in [3.63, 3.8) is 0 Å². The zero-order valence-electron chi connectivity index (χ0n) is 7.92. The predicted octanol–water partition coefficient (Wildman–Crippen LogP) is 1.41. The molecule has 0 aromatic carbocycles. The van der Waals surface area contributed by atoms with Crippen LogP contribution in [0.15, 0.2) is 23.0 Å². The Labute approximate surface area is 86.4 Å². The molecule has 0 spiro atoms. The standard InChI is InChI=1S/C9H12N4S/c1-7(10)9-5-13(12-11-9)4-8-2-3-14-6-8/h2-3,5-7H,4,10H2,1H3. The quantitative estimate of drug-likeness (QED) is 0.829. The summed E-state index contributed by atoms with van der Waals surface area (Å²) < 4.78 is 1.81. The van der Waals surface area contributed by atoms with Crippen molar-refractivity contribution < 1.29 is 0 Å². The molecule has 0 fully saturated rings. The van der Waals surface area contributed by atoms with Gasteiger partial charge in [-0.3, -0.25) is 0 Å². The zero-order valence-corrected chi connectivity index (χ0v) is 8.74. The van der Waals surface area contributed by atoms with Crippen LogP contribution in [0.2, 0.25) is 0 Å². The molecular weight excluding hydrogens is 196 g/mol. The van der Waals surface area contributed by atoms with Crippen LogP contribution in [0, 0.1) is 0 Å². The molecule has 4 nitrogen and oxygen atoms in total. The van der Waals surface area contributed by atoms with Gasteiger partial charge in [-0.1, -0.05) is 5.21 Å². The molecule has 0 radical (unpaired) electrons. The van der Waals surface area contributed by atoms with E-state index in [4.69, 9.17) is 5.73 Å². The third-order valence-electron chi connectivity index (χ3n) is 1.95. The van der Waals surface area contributed by atoms with E-state index in [1.807, 2.05) is 13.1 Å². The number of nitrogens with zero attached hydrogens (tertiary/aromatic N) is 3. The van der Waals surface area contributed by atoms with E-state index in [0.717, 1.165) is 12.2 Å². The van der Waals surface area contributed by atoms with Crippen molar-refractivity contribution in [2.75, 3.05) is 0 Å². The summed E-state index contributed by atoms with van der Waals surface area (Å²) in [4.78, 5) is 0. The van der Waals surface area contributed by atoms with E-state index < -0.39 is 0 Å². The number of nitrogens with two attached hydrogens (primary N) is 1. The Morgan fingerprint density at radius 2 is 2.50 bits per heavy atom. The minimum atomic E-state index is -0.0498. The van der Waals surface area contributed by atoms with Crippen molar-refractivity contribution in [1.29, 1.82) is 0 Å². The molecule has 2 heterocycles. The molecule has 0 saturated heterocycles. The summed E-state index contributed by atoms with van der Waals surface area (Å²) in [6.45, 7) is 2.67. The fourth-order valence-electron chi connectivity index (χ4n) is 1.17. The number of aromatic nitrogens is 3. The Hall–Kier alpha value is -1.20. The van der Waals surface area contributed by atoms with Crippen LogP contribution in [-0.2, 0) is 6.54 Å². The highest BCUT2D eigenvalue weighted by molar-refractivity contribution is 7.07. The van der Waals surface area contributed by atoms with E-state index in [9.17, 15) is 0 Å². The van der Waals surface area contributed by atoms with Crippen LogP contribution in [0.25, 0.3) is 0 Å². The number of hydrogen-bond donors (Lipinski definition) is 1. The minimum absolute atomic E-state index is 0.0498. The maximum Gasteiger partial charge on any atom is 0.0991 e. The van der Waals surface area contributed by atoms with Crippen molar-refractivity contribution in [3.8, 4) is 0 Å². The molecule has 1 unspecified atom stereocenters. The molecule has 5 heteroatoms. The van der Waals surface area contributed by atoms with Gasteiger partial charge >= 0.3 is 0 Å². The second-order valence-electron chi connectivity index (χ2n) is 3.26. The van der Waals surface area contributed by atoms with Crippen molar-refractivity contribution in [2.45, 2.75) is 19.5 Å². The average Bonchev–Trinajstić information content (AvgIpc) is 2.75. The van der Waals surface area contributed by atoms with Crippen molar-refractivity contribution in [2.24, 2.45) is 5.73 Å². The maximum absolute atomic E-state index is 5.69. The van der Waals surface area contributed by atoms with Gasteiger partial charge in [-0.05, 0) is 29.3 Å². The average molecular weight is 208 g/mol. The lowest BCUT2D eigenvalue weighted by Gasteiger charge is -1.97. The van der Waals surface area contributed by atoms with Gasteiger partial charge in [-0.2, -0.15) is 11.3 Å². The number of hydrogen-bond acceptors (Lipinski definition) is 4. The normalized spacial score (nSPS) is 13.0. The molecule has 2 N–H and O–H groups in total. The molecule has 2 aromatic rings. The van der Waals surface area contributed by atoms with E-state index in [2.05, 4.69) is 27.1 Å². The minimum Gasteiger partial charge on any atom is -0.323 e. The molecule has 0 aliphatic heterocycles. The molecular formula is C9H12N4S. The molecule has 2 aromatic heterocycles. The third kappa shape index (κ3) is 2.00. The van der Waals surface area contributed by atoms with E-state index in [0.29, 0.717) is 0 Å². The van der Waals surface area contributed by atoms with Crippen molar-refractivity contribution in [3.05, 3.63) is 34.3 Å². The van der Waals surface area contributed by atoms with E-state index in [1.54, 1.807) is 16.0 Å². The third-order valence-corrected chi connectivity index (χ3v) is 2.68. The van der Waals surface area contributed by atoms with Gasteiger partial charge in [0.25, 0.3) is 0 Å². The molecule has 1 atom stereocenters. The van der Waals surface area contributed by atoms with Crippen LogP contribution >= 0.6 is 11.3 Å². The van der Waals surface area contributed by atoms with Gasteiger partial charge in [0, 0.05) is 6.04 Å². The SMILES string of the molecule is CC(N)c1cn(Cc2ccsc2)nn1. The highest BCUT2D eigenvalue weighted by Crippen LogP contribution is 2.09. The Balaban J connectivity index is 2.11. The molecule has 74 valence electrons. The fourth-order valence-corrected chi connectivity index (χ4v) is 1.83. The molecule has 0 amide bonds. The van der Waals surface area contributed by atoms with Crippen molar-refractivity contribution >= 4 is 11.3 Å². The van der Waals surface area contributed by atoms with Gasteiger partial charge in [0.2, 0.25) is 0 Å². The van der Waals surface area contributed by atoms with Gasteiger partial charge in [0.15, 0.2) is 0 Å². The summed E-state index contributed by atoms with van der Waals surface area (Å²) in [5.41, 5.74) is 7.77. The van der Waals surface area contributed by atoms with Crippen LogP contribution in [-0.4, -0.2) is 15.0 Å². The predicted molar refractivity (Wildman–Crippen MR) is 56.0 cm³/mol. The summed E-state index contributed by atoms with van der Waals surface area (Å²) >= 11 is 1.69. The van der Waals surface area contributed by atoms with E-state index >= 15 is 0 Å². The summed E-state index contributed by atoms with van der Waals surface area (Å²) in [7, 11) is 0. The Morgan fingerprint density at radius 3 is 3.07 bits per heavy atom. The largest absolute Gasteiger partial charge is 0.323 e. The molecule has 2 rings (SSSR count). The van der Waals surface area contributed by atoms with Crippen LogP contribution in [0.3, 0.4) is 0 Å². The van der Waals surface area contributed by atoms with Crippen molar-refractivity contribution in [1.82, 2.24) is 15.0 Å². The lowest BCUT2D eigenvalue weighted by atomic mass is 10.3. The van der Waals surface area contributed by atoms with Gasteiger partial charge in [-0.15, -0.1) is 5.10 Å². The molecule has 14 heavy (non-hydrogen) atoms. The second-order valence-corrected chi connectivity index (χ2v) is 4.04. The van der Waals surface area contributed by atoms with E-state index in [1.165, 1.54) is 5.56 Å². The second kappa shape index (κ2) is 3.89. The lowest BCUT2D eigenvalue weighted by molar-refractivity contribution is 0.649. The summed E-state index contributed by atoms with van der Waals surface area (Å²) in [6.07, 6.45) is 1.89. The van der Waals surface area contributed by atoms with Gasteiger partial charge < -0.3 is 5.73 Å². The first kappa shape index (κ1) is 9.36. The first-order valence-corrected chi connectivity index (χ1v) is 5.36. The summed E-state index contributed by atoms with van der Waals surface area (Å²) in [5, 5.41) is 12.1. The summed E-state index contributed by atoms with van der Waals surface area (Å²) in [6, 6.07) is 2.03. The Kier molecular flexibility index (Phi) is 2.60. The van der Waals surface area contributed by atoms with Gasteiger partial charge in [0.1, 0.15) is 0 Å². The van der Waals surface area contributed by atoms with Crippen LogP contribution in [0.5, 0.6) is 0 Å². The van der Waals surface area contributed by atoms with Crippen LogP contribution < -0.4 is 5.73 Å². The van der Waals surface area contributed by atoms with Gasteiger partial charge in [0.05, 0.1) is 18.4 Å². The molecule has 0 aliphatic carbocycles. The Morgan fingerprint density at radius 1 is 1.64 bits per heavy atom. The smallest absolute Gasteiger partial charge is 0.0991 e. The highest BCUT2D eigenvalue weighted by Gasteiger charge is 2.05.